The third kappa shape index (κ3) is 7.43. The van der Waals surface area contributed by atoms with Crippen LogP contribution >= 0.6 is 0 Å². The highest BCUT2D eigenvalue weighted by Gasteiger charge is 2.21. The van der Waals surface area contributed by atoms with Gasteiger partial charge in [0.15, 0.2) is 5.69 Å². The van der Waals surface area contributed by atoms with E-state index in [0.717, 1.165) is 84.1 Å². The van der Waals surface area contributed by atoms with Crippen LogP contribution in [-0.4, -0.2) is 14.5 Å². The summed E-state index contributed by atoms with van der Waals surface area (Å²) in [7, 11) is 0. The van der Waals surface area contributed by atoms with E-state index >= 15 is 0 Å². The summed E-state index contributed by atoms with van der Waals surface area (Å²) in [6.07, 6.45) is 0. The Hall–Kier alpha value is -9.05. The molecule has 11 rings (SSSR count). The molecular formula is C59H40N6. The first-order valence-corrected chi connectivity index (χ1v) is 21.6. The molecule has 0 radical (unpaired) electrons. The number of benzene rings is 9. The Morgan fingerprint density at radius 3 is 1.22 bits per heavy atom. The van der Waals surface area contributed by atoms with Crippen molar-refractivity contribution in [3.8, 4) is 39.6 Å². The van der Waals surface area contributed by atoms with Crippen LogP contribution in [0.15, 0.2) is 243 Å². The lowest BCUT2D eigenvalue weighted by Crippen LogP contribution is -2.09. The quantitative estimate of drug-likeness (QED) is 0.129. The first kappa shape index (κ1) is 38.8. The van der Waals surface area contributed by atoms with Crippen molar-refractivity contribution in [3.05, 3.63) is 254 Å². The second-order valence-electron chi connectivity index (χ2n) is 15.8. The number of fused-ring (bicyclic) bond motifs is 3. The van der Waals surface area contributed by atoms with Crippen molar-refractivity contribution >= 4 is 61.6 Å². The zero-order valence-corrected chi connectivity index (χ0v) is 35.3. The van der Waals surface area contributed by atoms with Gasteiger partial charge in [0.1, 0.15) is 5.82 Å². The van der Waals surface area contributed by atoms with Gasteiger partial charge in [0, 0.05) is 67.3 Å². The van der Waals surface area contributed by atoms with E-state index in [9.17, 15) is 0 Å². The summed E-state index contributed by atoms with van der Waals surface area (Å²) in [6, 6.07) is 84.1. The van der Waals surface area contributed by atoms with Gasteiger partial charge in [-0.2, -0.15) is 0 Å². The zero-order valence-electron chi connectivity index (χ0n) is 35.3. The number of rotatable bonds is 10. The van der Waals surface area contributed by atoms with Crippen molar-refractivity contribution in [2.45, 2.75) is 0 Å². The Kier molecular flexibility index (Phi) is 10.2. The van der Waals surface area contributed by atoms with E-state index in [0.29, 0.717) is 17.1 Å². The molecule has 0 amide bonds. The second-order valence-corrected chi connectivity index (χ2v) is 15.8. The van der Waals surface area contributed by atoms with Crippen LogP contribution in [-0.2, 0) is 0 Å². The smallest absolute Gasteiger partial charge is 0.198 e. The van der Waals surface area contributed by atoms with Crippen molar-refractivity contribution in [1.82, 2.24) is 14.5 Å². The van der Waals surface area contributed by atoms with Crippen molar-refractivity contribution in [3.63, 3.8) is 0 Å². The second kappa shape index (κ2) is 17.0. The summed E-state index contributed by atoms with van der Waals surface area (Å²) in [6.45, 7) is 7.86. The van der Waals surface area contributed by atoms with Crippen LogP contribution in [0.1, 0.15) is 0 Å². The van der Waals surface area contributed by atoms with E-state index in [1.54, 1.807) is 0 Å². The van der Waals surface area contributed by atoms with Crippen LogP contribution in [0.2, 0.25) is 0 Å². The molecule has 0 aliphatic carbocycles. The van der Waals surface area contributed by atoms with Gasteiger partial charge in [-0.1, -0.05) is 140 Å². The van der Waals surface area contributed by atoms with Gasteiger partial charge in [-0.15, -0.1) is 0 Å². The van der Waals surface area contributed by atoms with Crippen molar-refractivity contribution in [2.24, 2.45) is 0 Å². The summed E-state index contributed by atoms with van der Waals surface area (Å²) >= 11 is 0. The molecule has 2 heterocycles. The fraction of sp³-hybridized carbons (Fsp3) is 0. The molecule has 0 aliphatic rings. The highest BCUT2D eigenvalue weighted by atomic mass is 15.1. The van der Waals surface area contributed by atoms with Crippen molar-refractivity contribution < 1.29 is 0 Å². The van der Waals surface area contributed by atoms with E-state index in [4.69, 9.17) is 16.5 Å². The van der Waals surface area contributed by atoms with Crippen molar-refractivity contribution in [1.29, 1.82) is 0 Å². The van der Waals surface area contributed by atoms with Crippen LogP contribution in [0.4, 0.5) is 39.8 Å². The number of anilines is 6. The number of hydrogen-bond acceptors (Lipinski definition) is 4. The molecule has 0 aliphatic heterocycles. The fourth-order valence-electron chi connectivity index (χ4n) is 8.77. The first-order chi connectivity index (χ1) is 32.2. The summed E-state index contributed by atoms with van der Waals surface area (Å²) in [5.41, 5.74) is 14.4. The van der Waals surface area contributed by atoms with Gasteiger partial charge < -0.3 is 14.4 Å². The van der Waals surface area contributed by atoms with Gasteiger partial charge in [-0.25, -0.2) is 14.8 Å². The summed E-state index contributed by atoms with van der Waals surface area (Å²) in [4.78, 5) is 18.5. The number of hydrogen-bond donors (Lipinski definition) is 0. The average Bonchev–Trinajstić information content (AvgIpc) is 3.71. The SMILES string of the molecule is [C-]#[N+]c1ccccc1-c1nc(-c2ccccc2)cc(-c2ccc(-n3c4ccc(N(c5ccccc5)c5ccccc5)cc4c4cc(N(c5ccccc5)c5ccccc5)ccc43)cc2)n1. The largest absolute Gasteiger partial charge is 0.310 e. The predicted octanol–water partition coefficient (Wildman–Crippen LogP) is 16.1. The molecule has 0 spiro atoms. The molecule has 0 atom stereocenters. The molecule has 0 saturated carbocycles. The van der Waals surface area contributed by atoms with Gasteiger partial charge in [-0.3, -0.25) is 0 Å². The normalized spacial score (nSPS) is 11.1. The zero-order chi connectivity index (χ0) is 43.5. The lowest BCUT2D eigenvalue weighted by molar-refractivity contribution is 1.17. The maximum absolute atomic E-state index is 7.86. The first-order valence-electron chi connectivity index (χ1n) is 21.6. The Morgan fingerprint density at radius 1 is 0.369 bits per heavy atom. The molecule has 65 heavy (non-hydrogen) atoms. The van der Waals surface area contributed by atoms with E-state index in [-0.39, 0.29) is 0 Å². The molecule has 11 aromatic rings. The van der Waals surface area contributed by atoms with Gasteiger partial charge >= 0.3 is 0 Å². The maximum atomic E-state index is 7.86. The average molecular weight is 833 g/mol. The molecule has 9 aromatic carbocycles. The van der Waals surface area contributed by atoms with Crippen molar-refractivity contribution in [2.75, 3.05) is 9.80 Å². The fourth-order valence-corrected chi connectivity index (χ4v) is 8.77. The Morgan fingerprint density at radius 2 is 0.769 bits per heavy atom. The molecule has 306 valence electrons. The molecule has 6 heteroatoms. The highest BCUT2D eigenvalue weighted by Crippen LogP contribution is 2.43. The molecule has 0 saturated heterocycles. The molecular weight excluding hydrogens is 793 g/mol. The van der Waals surface area contributed by atoms with Crippen LogP contribution in [0.25, 0.3) is 66.2 Å². The predicted molar refractivity (Wildman–Crippen MR) is 268 cm³/mol. The van der Waals surface area contributed by atoms with Crippen LogP contribution < -0.4 is 9.80 Å². The third-order valence-electron chi connectivity index (χ3n) is 11.8. The molecule has 0 N–H and O–H groups in total. The minimum Gasteiger partial charge on any atom is -0.310 e. The molecule has 0 unspecified atom stereocenters. The van der Waals surface area contributed by atoms with Gasteiger partial charge in [0.25, 0.3) is 0 Å². The van der Waals surface area contributed by atoms with Crippen LogP contribution in [0.3, 0.4) is 0 Å². The standard InChI is InChI=1S/C59H40N6/c1-60-54-30-18-17-29-51(54)59-61-55(42-19-7-2-8-20-42)41-56(62-59)43-31-33-48(34-32-43)65-57-37-35-49(63(44-21-9-3-10-22-44)45-23-11-4-12-24-45)39-52(57)53-40-50(36-38-58(53)65)64(46-25-13-5-14-26-46)47-27-15-6-16-28-47/h2-41H. The van der Waals surface area contributed by atoms with E-state index in [1.165, 1.54) is 0 Å². The lowest BCUT2D eigenvalue weighted by Gasteiger charge is -2.26. The summed E-state index contributed by atoms with van der Waals surface area (Å²) < 4.78 is 2.36. The Balaban J connectivity index is 1.09. The minimum absolute atomic E-state index is 0.517. The Bertz CT molecular complexity index is 3260. The number of aromatic nitrogens is 3. The van der Waals surface area contributed by atoms with Crippen LogP contribution in [0, 0.1) is 6.57 Å². The van der Waals surface area contributed by atoms with E-state index < -0.39 is 0 Å². The maximum Gasteiger partial charge on any atom is 0.198 e. The highest BCUT2D eigenvalue weighted by molar-refractivity contribution is 6.12. The molecule has 0 fully saturated rings. The topological polar surface area (TPSA) is 41.6 Å². The molecule has 0 bridgehead atoms. The van der Waals surface area contributed by atoms with Gasteiger partial charge in [0.05, 0.1) is 29.0 Å². The van der Waals surface area contributed by atoms with Gasteiger partial charge in [-0.05, 0) is 103 Å². The Labute approximate surface area is 378 Å². The van der Waals surface area contributed by atoms with Gasteiger partial charge in [0.2, 0.25) is 0 Å². The molecule has 2 aromatic heterocycles. The molecule has 6 nitrogen and oxygen atoms in total. The monoisotopic (exact) mass is 832 g/mol. The van der Waals surface area contributed by atoms with E-state index in [2.05, 4.69) is 213 Å². The van der Waals surface area contributed by atoms with Crippen LogP contribution in [0.5, 0.6) is 0 Å². The summed E-state index contributed by atoms with van der Waals surface area (Å²) in [5.74, 6) is 0.520. The minimum atomic E-state index is 0.517. The summed E-state index contributed by atoms with van der Waals surface area (Å²) in [5, 5.41) is 2.26. The lowest BCUT2D eigenvalue weighted by atomic mass is 10.1. The third-order valence-corrected chi connectivity index (χ3v) is 11.8. The number of para-hydroxylation sites is 5. The number of nitrogens with zero attached hydrogens (tertiary/aromatic N) is 6. The van der Waals surface area contributed by atoms with E-state index in [1.807, 2.05) is 48.5 Å².